The number of hydrogen-bond donors (Lipinski definition) is 0. The van der Waals surface area contributed by atoms with E-state index in [-0.39, 0.29) is 11.0 Å². The summed E-state index contributed by atoms with van der Waals surface area (Å²) >= 11 is 1.57. The highest BCUT2D eigenvalue weighted by Crippen LogP contribution is 2.27. The molecular formula is C13H14N2O3S2. The fourth-order valence-electron chi connectivity index (χ4n) is 2.09. The summed E-state index contributed by atoms with van der Waals surface area (Å²) in [5.41, 5.74) is 0.889. The monoisotopic (exact) mass is 310 g/mol. The average molecular weight is 310 g/mol. The van der Waals surface area contributed by atoms with Crippen LogP contribution in [0.3, 0.4) is 0 Å². The maximum atomic E-state index is 11.4. The van der Waals surface area contributed by atoms with Gasteiger partial charge in [-0.1, -0.05) is 18.2 Å². The van der Waals surface area contributed by atoms with Gasteiger partial charge in [0.2, 0.25) is 11.8 Å². The summed E-state index contributed by atoms with van der Waals surface area (Å²) in [6.07, 6.45) is 0.715. The van der Waals surface area contributed by atoms with Gasteiger partial charge in [-0.15, -0.1) is 22.0 Å². The number of rotatable bonds is 4. The highest BCUT2D eigenvalue weighted by Gasteiger charge is 2.28. The number of sulfone groups is 1. The topological polar surface area (TPSA) is 73.1 Å². The molecule has 0 unspecified atom stereocenters. The molecule has 1 fully saturated rings. The Bertz CT molecular complexity index is 683. The number of thioether (sulfide) groups is 1. The van der Waals surface area contributed by atoms with Gasteiger partial charge in [-0.25, -0.2) is 8.42 Å². The average Bonchev–Trinajstić information content (AvgIpc) is 3.04. The number of hydrogen-bond acceptors (Lipinski definition) is 6. The lowest BCUT2D eigenvalue weighted by atomic mass is 10.2. The molecule has 1 aromatic carbocycles. The van der Waals surface area contributed by atoms with Gasteiger partial charge in [0.15, 0.2) is 9.84 Å². The number of benzene rings is 1. The molecule has 1 aliphatic rings. The predicted octanol–water partition coefficient (Wildman–Crippen LogP) is 2.16. The second-order valence-electron chi connectivity index (χ2n) is 4.70. The zero-order chi connectivity index (χ0) is 14.0. The van der Waals surface area contributed by atoms with Gasteiger partial charge in [0.25, 0.3) is 0 Å². The molecular weight excluding hydrogens is 296 g/mol. The molecule has 2 aromatic rings. The fraction of sp³-hybridized carbons (Fsp3) is 0.385. The predicted molar refractivity (Wildman–Crippen MR) is 78.1 cm³/mol. The standard InChI is InChI=1S/C13H14N2O3S2/c16-20(17)7-6-11(9-20)19-8-12-14-15-13(18-12)10-4-2-1-3-5-10/h1-5,11H,6-9H2/t11-/m1/s1. The molecule has 2 heterocycles. The molecule has 20 heavy (non-hydrogen) atoms. The Hall–Kier alpha value is -1.34. The molecule has 5 nitrogen and oxygen atoms in total. The summed E-state index contributed by atoms with van der Waals surface area (Å²) in [5, 5.41) is 8.16. The molecule has 1 aromatic heterocycles. The van der Waals surface area contributed by atoms with Crippen LogP contribution in [0.5, 0.6) is 0 Å². The quantitative estimate of drug-likeness (QED) is 0.861. The van der Waals surface area contributed by atoms with E-state index in [1.54, 1.807) is 11.8 Å². The summed E-state index contributed by atoms with van der Waals surface area (Å²) in [6, 6.07) is 9.58. The van der Waals surface area contributed by atoms with Crippen LogP contribution in [-0.2, 0) is 15.6 Å². The summed E-state index contributed by atoms with van der Waals surface area (Å²) < 4.78 is 28.3. The molecule has 0 radical (unpaired) electrons. The highest BCUT2D eigenvalue weighted by atomic mass is 32.2. The van der Waals surface area contributed by atoms with Crippen molar-refractivity contribution in [2.75, 3.05) is 11.5 Å². The SMILES string of the molecule is O=S1(=O)CC[C@@H](SCc2nnc(-c3ccccc3)o2)C1. The van der Waals surface area contributed by atoms with Crippen LogP contribution in [0.25, 0.3) is 11.5 Å². The molecule has 7 heteroatoms. The Morgan fingerprint density at radius 3 is 2.75 bits per heavy atom. The molecule has 1 aliphatic heterocycles. The zero-order valence-corrected chi connectivity index (χ0v) is 12.4. The van der Waals surface area contributed by atoms with Gasteiger partial charge in [-0.2, -0.15) is 0 Å². The fourth-order valence-corrected chi connectivity index (χ4v) is 5.57. The molecule has 0 spiro atoms. The second-order valence-corrected chi connectivity index (χ2v) is 8.22. The Labute approximate surface area is 121 Å². The first kappa shape index (κ1) is 13.6. The minimum absolute atomic E-state index is 0.145. The van der Waals surface area contributed by atoms with Crippen LogP contribution in [0, 0.1) is 0 Å². The van der Waals surface area contributed by atoms with E-state index < -0.39 is 9.84 Å². The number of aromatic nitrogens is 2. The van der Waals surface area contributed by atoms with Crippen LogP contribution in [0.2, 0.25) is 0 Å². The van der Waals surface area contributed by atoms with Crippen molar-refractivity contribution in [1.29, 1.82) is 0 Å². The summed E-state index contributed by atoms with van der Waals surface area (Å²) in [4.78, 5) is 0. The zero-order valence-electron chi connectivity index (χ0n) is 10.7. The molecule has 3 rings (SSSR count). The lowest BCUT2D eigenvalue weighted by molar-refractivity contribution is 0.528. The van der Waals surface area contributed by atoms with Crippen LogP contribution in [-0.4, -0.2) is 35.4 Å². The maximum Gasteiger partial charge on any atom is 0.247 e. The van der Waals surface area contributed by atoms with Crippen molar-refractivity contribution >= 4 is 21.6 Å². The summed E-state index contributed by atoms with van der Waals surface area (Å²) in [5.74, 6) is 2.15. The third-order valence-electron chi connectivity index (χ3n) is 3.12. The molecule has 0 amide bonds. The van der Waals surface area contributed by atoms with Crippen LogP contribution in [0.15, 0.2) is 34.7 Å². The van der Waals surface area contributed by atoms with Crippen LogP contribution < -0.4 is 0 Å². The molecule has 0 N–H and O–H groups in total. The van der Waals surface area contributed by atoms with Gasteiger partial charge < -0.3 is 4.42 Å². The lowest BCUT2D eigenvalue weighted by Gasteiger charge is -2.03. The van der Waals surface area contributed by atoms with E-state index >= 15 is 0 Å². The van der Waals surface area contributed by atoms with Crippen molar-refractivity contribution in [2.45, 2.75) is 17.4 Å². The van der Waals surface area contributed by atoms with Crippen molar-refractivity contribution in [3.63, 3.8) is 0 Å². The Balaban J connectivity index is 1.61. The summed E-state index contributed by atoms with van der Waals surface area (Å²) in [7, 11) is -2.83. The van der Waals surface area contributed by atoms with Gasteiger partial charge in [-0.3, -0.25) is 0 Å². The minimum atomic E-state index is -2.83. The van der Waals surface area contributed by atoms with Crippen molar-refractivity contribution in [2.24, 2.45) is 0 Å². The van der Waals surface area contributed by atoms with Crippen molar-refractivity contribution in [3.8, 4) is 11.5 Å². The van der Waals surface area contributed by atoms with Gasteiger partial charge in [0, 0.05) is 10.8 Å². The lowest BCUT2D eigenvalue weighted by Crippen LogP contribution is -2.06. The molecule has 0 aliphatic carbocycles. The van der Waals surface area contributed by atoms with Crippen molar-refractivity contribution in [1.82, 2.24) is 10.2 Å². The van der Waals surface area contributed by atoms with Crippen molar-refractivity contribution in [3.05, 3.63) is 36.2 Å². The van der Waals surface area contributed by atoms with E-state index in [1.807, 2.05) is 30.3 Å². The van der Waals surface area contributed by atoms with Gasteiger partial charge in [0.1, 0.15) is 0 Å². The van der Waals surface area contributed by atoms with Gasteiger partial charge in [0.05, 0.1) is 17.3 Å². The third-order valence-corrected chi connectivity index (χ3v) is 6.39. The molecule has 106 valence electrons. The Kier molecular flexibility index (Phi) is 3.80. The highest BCUT2D eigenvalue weighted by molar-refractivity contribution is 8.01. The number of nitrogens with zero attached hydrogens (tertiary/aromatic N) is 2. The first-order valence-corrected chi connectivity index (χ1v) is 9.19. The third kappa shape index (κ3) is 3.21. The largest absolute Gasteiger partial charge is 0.420 e. The first-order valence-electron chi connectivity index (χ1n) is 6.32. The van der Waals surface area contributed by atoms with E-state index in [9.17, 15) is 8.42 Å². The molecule has 1 atom stereocenters. The Morgan fingerprint density at radius 1 is 1.25 bits per heavy atom. The molecule has 0 bridgehead atoms. The minimum Gasteiger partial charge on any atom is -0.420 e. The first-order chi connectivity index (χ1) is 9.62. The van der Waals surface area contributed by atoms with Crippen LogP contribution in [0.4, 0.5) is 0 Å². The smallest absolute Gasteiger partial charge is 0.247 e. The van der Waals surface area contributed by atoms with E-state index in [0.29, 0.717) is 29.7 Å². The second kappa shape index (κ2) is 5.57. The normalized spacial score (nSPS) is 21.1. The Morgan fingerprint density at radius 2 is 2.05 bits per heavy atom. The van der Waals surface area contributed by atoms with E-state index in [4.69, 9.17) is 4.42 Å². The molecule has 1 saturated heterocycles. The van der Waals surface area contributed by atoms with E-state index in [1.165, 1.54) is 0 Å². The maximum absolute atomic E-state index is 11.4. The van der Waals surface area contributed by atoms with E-state index in [0.717, 1.165) is 5.56 Å². The van der Waals surface area contributed by atoms with Crippen LogP contribution >= 0.6 is 11.8 Å². The van der Waals surface area contributed by atoms with Crippen molar-refractivity contribution < 1.29 is 12.8 Å². The van der Waals surface area contributed by atoms with Gasteiger partial charge in [-0.05, 0) is 18.6 Å². The van der Waals surface area contributed by atoms with E-state index in [2.05, 4.69) is 10.2 Å². The molecule has 0 saturated carbocycles. The van der Waals surface area contributed by atoms with Gasteiger partial charge >= 0.3 is 0 Å². The van der Waals surface area contributed by atoms with Crippen LogP contribution in [0.1, 0.15) is 12.3 Å². The summed E-state index contributed by atoms with van der Waals surface area (Å²) in [6.45, 7) is 0.